The van der Waals surface area contributed by atoms with Gasteiger partial charge in [0.15, 0.2) is 17.2 Å². The minimum absolute atomic E-state index is 0.118. The van der Waals surface area contributed by atoms with Crippen LogP contribution in [0, 0.1) is 11.3 Å². The number of ether oxygens (including phenoxy) is 4. The number of methoxy groups -OCH3 is 1. The molecule has 0 spiro atoms. The molecule has 1 aliphatic heterocycles. The molecule has 2 heterocycles. The molecule has 0 amide bonds. The van der Waals surface area contributed by atoms with Crippen LogP contribution in [0.15, 0.2) is 42.6 Å². The molecule has 30 heavy (non-hydrogen) atoms. The smallest absolute Gasteiger partial charge is 0.337 e. The Hall–Kier alpha value is -4.59. The lowest BCUT2D eigenvalue weighted by Gasteiger charge is -2.13. The van der Waals surface area contributed by atoms with Crippen LogP contribution in [0.5, 0.6) is 23.0 Å². The number of nitriles is 1. The molecule has 3 aromatic rings. The summed E-state index contributed by atoms with van der Waals surface area (Å²) in [5, 5.41) is 25.5. The van der Waals surface area contributed by atoms with Gasteiger partial charge in [-0.3, -0.25) is 0 Å². The molecule has 0 atom stereocenters. The van der Waals surface area contributed by atoms with Gasteiger partial charge in [-0.2, -0.15) is 10.5 Å². The lowest BCUT2D eigenvalue weighted by atomic mass is 10.2. The molecule has 2 N–H and O–H groups in total. The number of tetrazole rings is 1. The fourth-order valence-electron chi connectivity index (χ4n) is 2.62. The molecule has 0 fully saturated rings. The van der Waals surface area contributed by atoms with Gasteiger partial charge in [0.1, 0.15) is 17.4 Å². The van der Waals surface area contributed by atoms with E-state index < -0.39 is 5.97 Å². The number of H-pyrrole nitrogens is 1. The molecule has 0 saturated carbocycles. The van der Waals surface area contributed by atoms with Crippen molar-refractivity contribution in [3.8, 4) is 29.1 Å². The van der Waals surface area contributed by atoms with Crippen LogP contribution in [-0.4, -0.2) is 40.5 Å². The minimum atomic E-state index is -0.518. The van der Waals surface area contributed by atoms with E-state index in [0.717, 1.165) is 0 Å². The number of carbonyl (C=O) groups excluding carboxylic acids is 1. The molecule has 1 aromatic heterocycles. The summed E-state index contributed by atoms with van der Waals surface area (Å²) in [5.41, 5.74) is 0.831. The normalized spacial score (nSPS) is 12.2. The third kappa shape index (κ3) is 3.83. The second-order valence-electron chi connectivity index (χ2n) is 5.87. The third-order valence-electron chi connectivity index (χ3n) is 4.05. The van der Waals surface area contributed by atoms with Crippen molar-refractivity contribution in [1.29, 1.82) is 5.26 Å². The summed E-state index contributed by atoms with van der Waals surface area (Å²) < 4.78 is 21.4. The average molecular weight is 406 g/mol. The molecule has 2 aromatic carbocycles. The number of aromatic nitrogens is 4. The Morgan fingerprint density at radius 2 is 2.13 bits per heavy atom. The number of esters is 1. The SMILES string of the molecule is COC(=O)c1ccc(Oc2ccc3c(c2)OCO3)c(NC=C(C#N)c2nn[nH]n2)c1. The van der Waals surface area contributed by atoms with E-state index in [-0.39, 0.29) is 18.2 Å². The first-order chi connectivity index (χ1) is 14.7. The number of aromatic amines is 1. The van der Waals surface area contributed by atoms with E-state index >= 15 is 0 Å². The number of nitrogens with one attached hydrogen (secondary N) is 2. The molecule has 4 rings (SSSR count). The van der Waals surface area contributed by atoms with Gasteiger partial charge in [0.05, 0.1) is 18.4 Å². The highest BCUT2D eigenvalue weighted by Crippen LogP contribution is 2.38. The first-order valence-corrected chi connectivity index (χ1v) is 8.58. The molecule has 11 heteroatoms. The second-order valence-corrected chi connectivity index (χ2v) is 5.87. The molecule has 11 nitrogen and oxygen atoms in total. The second kappa shape index (κ2) is 8.19. The number of hydrogen-bond acceptors (Lipinski definition) is 10. The van der Waals surface area contributed by atoms with Crippen LogP contribution in [0.25, 0.3) is 5.57 Å². The maximum atomic E-state index is 11.9. The number of nitrogens with zero attached hydrogens (tertiary/aromatic N) is 4. The standard InChI is InChI=1S/C19H14N6O5/c1-27-19(26)11-2-4-15(30-13-3-5-16-17(7-13)29-10-28-16)14(6-11)21-9-12(8-20)18-22-24-25-23-18/h2-7,9,21H,10H2,1H3,(H,22,23,24,25). The van der Waals surface area contributed by atoms with Gasteiger partial charge in [-0.15, -0.1) is 10.2 Å². The first-order valence-electron chi connectivity index (χ1n) is 8.58. The summed E-state index contributed by atoms with van der Waals surface area (Å²) in [7, 11) is 1.29. The Labute approximate surface area is 169 Å². The van der Waals surface area contributed by atoms with Crippen LogP contribution in [0.4, 0.5) is 5.69 Å². The maximum Gasteiger partial charge on any atom is 0.337 e. The van der Waals surface area contributed by atoms with E-state index in [0.29, 0.717) is 34.2 Å². The van der Waals surface area contributed by atoms with Crippen LogP contribution in [0.3, 0.4) is 0 Å². The zero-order valence-corrected chi connectivity index (χ0v) is 15.6. The number of benzene rings is 2. The lowest BCUT2D eigenvalue weighted by Crippen LogP contribution is -2.03. The number of allylic oxidation sites excluding steroid dienone is 1. The largest absolute Gasteiger partial charge is 0.465 e. The van der Waals surface area contributed by atoms with Crippen molar-refractivity contribution in [1.82, 2.24) is 20.6 Å². The quantitative estimate of drug-likeness (QED) is 0.462. The fourth-order valence-corrected chi connectivity index (χ4v) is 2.62. The molecule has 0 saturated heterocycles. The summed E-state index contributed by atoms with van der Waals surface area (Å²) in [4.78, 5) is 11.9. The van der Waals surface area contributed by atoms with Crippen molar-refractivity contribution >= 4 is 17.2 Å². The summed E-state index contributed by atoms with van der Waals surface area (Å²) >= 11 is 0. The van der Waals surface area contributed by atoms with Crippen LogP contribution in [0.1, 0.15) is 16.2 Å². The lowest BCUT2D eigenvalue weighted by molar-refractivity contribution is 0.0601. The van der Waals surface area contributed by atoms with E-state index in [1.807, 2.05) is 6.07 Å². The van der Waals surface area contributed by atoms with Crippen molar-refractivity contribution in [2.75, 3.05) is 19.2 Å². The topological polar surface area (TPSA) is 144 Å². The Balaban J connectivity index is 1.66. The molecule has 0 unspecified atom stereocenters. The predicted octanol–water partition coefficient (Wildman–Crippen LogP) is 2.48. The summed E-state index contributed by atoms with van der Waals surface area (Å²) in [5.74, 6) is 1.68. The predicted molar refractivity (Wildman–Crippen MR) is 102 cm³/mol. The number of fused-ring (bicyclic) bond motifs is 1. The molecule has 0 radical (unpaired) electrons. The van der Waals surface area contributed by atoms with E-state index in [9.17, 15) is 10.1 Å². The van der Waals surface area contributed by atoms with Gasteiger partial charge >= 0.3 is 5.97 Å². The van der Waals surface area contributed by atoms with E-state index in [4.69, 9.17) is 18.9 Å². The summed E-state index contributed by atoms with van der Waals surface area (Å²) in [6, 6.07) is 11.8. The van der Waals surface area contributed by atoms with Gasteiger partial charge in [-0.05, 0) is 35.5 Å². The maximum absolute atomic E-state index is 11.9. The van der Waals surface area contributed by atoms with Crippen molar-refractivity contribution in [2.24, 2.45) is 0 Å². The van der Waals surface area contributed by atoms with Crippen LogP contribution in [-0.2, 0) is 4.74 Å². The zero-order valence-electron chi connectivity index (χ0n) is 15.6. The average Bonchev–Trinajstić information content (AvgIpc) is 3.46. The minimum Gasteiger partial charge on any atom is -0.465 e. The summed E-state index contributed by atoms with van der Waals surface area (Å²) in [6.07, 6.45) is 1.38. The number of rotatable bonds is 6. The monoisotopic (exact) mass is 406 g/mol. The molecular formula is C19H14N6O5. The van der Waals surface area contributed by atoms with Crippen molar-refractivity contribution in [2.45, 2.75) is 0 Å². The molecule has 0 aliphatic carbocycles. The van der Waals surface area contributed by atoms with Crippen molar-refractivity contribution in [3.63, 3.8) is 0 Å². The van der Waals surface area contributed by atoms with Gasteiger partial charge in [0.2, 0.25) is 12.6 Å². The Kier molecular flexibility index (Phi) is 5.12. The number of anilines is 1. The van der Waals surface area contributed by atoms with E-state index in [2.05, 4.69) is 25.9 Å². The Morgan fingerprint density at radius 1 is 1.27 bits per heavy atom. The zero-order chi connectivity index (χ0) is 20.9. The highest BCUT2D eigenvalue weighted by Gasteiger charge is 2.16. The highest BCUT2D eigenvalue weighted by molar-refractivity contribution is 5.91. The van der Waals surface area contributed by atoms with E-state index in [1.54, 1.807) is 30.3 Å². The third-order valence-corrected chi connectivity index (χ3v) is 4.05. The molecule has 0 bridgehead atoms. The molecule has 150 valence electrons. The number of hydrogen-bond donors (Lipinski definition) is 2. The molecule has 1 aliphatic rings. The van der Waals surface area contributed by atoms with Crippen LogP contribution >= 0.6 is 0 Å². The fraction of sp³-hybridized carbons (Fsp3) is 0.105. The van der Waals surface area contributed by atoms with Crippen LogP contribution < -0.4 is 19.5 Å². The Bertz CT molecular complexity index is 1150. The highest BCUT2D eigenvalue weighted by atomic mass is 16.7. The molecular weight excluding hydrogens is 392 g/mol. The number of carbonyl (C=O) groups is 1. The van der Waals surface area contributed by atoms with Gasteiger partial charge in [0.25, 0.3) is 0 Å². The van der Waals surface area contributed by atoms with Gasteiger partial charge < -0.3 is 24.3 Å². The Morgan fingerprint density at radius 3 is 2.90 bits per heavy atom. The summed E-state index contributed by atoms with van der Waals surface area (Å²) in [6.45, 7) is 0.150. The van der Waals surface area contributed by atoms with Crippen molar-refractivity contribution < 1.29 is 23.7 Å². The van der Waals surface area contributed by atoms with Crippen molar-refractivity contribution in [3.05, 3.63) is 54.0 Å². The van der Waals surface area contributed by atoms with Gasteiger partial charge in [0, 0.05) is 12.3 Å². The first kappa shape index (κ1) is 18.8. The van der Waals surface area contributed by atoms with Gasteiger partial charge in [-0.25, -0.2) is 4.79 Å². The van der Waals surface area contributed by atoms with E-state index in [1.165, 1.54) is 19.4 Å². The van der Waals surface area contributed by atoms with Crippen LogP contribution in [0.2, 0.25) is 0 Å². The van der Waals surface area contributed by atoms with Gasteiger partial charge in [-0.1, -0.05) is 0 Å².